The standard InChI is InChI=1S/C38H24N2O.2C37H23N3O/c1-3-12-25(13-4-1)37-33(24-39-38(40-37)26-14-5-2-6-15-26)28-17-8-7-16-27(28)29-22-23-35-36-31(29)19-11-20-32(36)30-18-9-10-21-34(30)41-35;1-3-11-24(12-4-1)35-38-36(25-13-5-2-6-14-25)40-37(39-35)27-16-9-15-26(23-27)28-21-22-33-34-30(28)18-10-19-31(34)29-17-7-8-20-32(29)41-33;1-3-10-25(11-4-1)35-38-36(26-12-5-2-6-13-26)40-37(39-35)27-20-18-24(19-21-27)28-22-23-33-34-30(28)15-9-16-31(34)29-14-7-8-17-32(29)41-33/h1-24H;2*1-23H. The van der Waals surface area contributed by atoms with E-state index in [0.717, 1.165) is 173 Å². The summed E-state index contributed by atoms with van der Waals surface area (Å²) in [6.07, 6.45) is 1.97. The van der Waals surface area contributed by atoms with Crippen molar-refractivity contribution in [1.82, 2.24) is 39.9 Å². The van der Waals surface area contributed by atoms with Gasteiger partial charge in [-0.05, 0) is 114 Å². The van der Waals surface area contributed by atoms with Gasteiger partial charge in [0.1, 0.15) is 34.5 Å². The van der Waals surface area contributed by atoms with Crippen LogP contribution in [0.5, 0.6) is 34.5 Å². The molecule has 3 aliphatic rings. The zero-order chi connectivity index (χ0) is 81.5. The van der Waals surface area contributed by atoms with Crippen LogP contribution in [0.15, 0.2) is 425 Å². The van der Waals surface area contributed by atoms with Gasteiger partial charge in [-0.3, -0.25) is 0 Å². The van der Waals surface area contributed by atoms with Gasteiger partial charge in [0.05, 0.1) is 5.69 Å². The molecule has 3 aromatic heterocycles. The molecule has 6 heterocycles. The lowest BCUT2D eigenvalue weighted by Crippen LogP contribution is -2.00. The van der Waals surface area contributed by atoms with Gasteiger partial charge in [-0.2, -0.15) is 0 Å². The highest BCUT2D eigenvalue weighted by molar-refractivity contribution is 6.13. The first-order valence-electron chi connectivity index (χ1n) is 41.0. The van der Waals surface area contributed by atoms with Crippen molar-refractivity contribution in [3.05, 3.63) is 425 Å². The normalized spacial score (nSPS) is 11.6. The summed E-state index contributed by atoms with van der Waals surface area (Å²) in [5.41, 5.74) is 24.4. The van der Waals surface area contributed by atoms with E-state index in [1.54, 1.807) is 0 Å². The number of rotatable bonds is 12. The van der Waals surface area contributed by atoms with Gasteiger partial charge in [0.25, 0.3) is 0 Å². The first-order valence-corrected chi connectivity index (χ1v) is 41.0. The molecule has 0 bridgehead atoms. The summed E-state index contributed by atoms with van der Waals surface area (Å²) in [6, 6.07) is 143. The van der Waals surface area contributed by atoms with Crippen molar-refractivity contribution in [3.8, 4) is 203 Å². The first-order chi connectivity index (χ1) is 61.0. The topological polar surface area (TPSA) is 131 Å². The Labute approximate surface area is 710 Å². The van der Waals surface area contributed by atoms with Crippen LogP contribution in [0.1, 0.15) is 0 Å². The van der Waals surface area contributed by atoms with Crippen molar-refractivity contribution >= 4 is 32.3 Å². The number of hydrogen-bond acceptors (Lipinski definition) is 11. The van der Waals surface area contributed by atoms with E-state index in [0.29, 0.717) is 40.8 Å². The lowest BCUT2D eigenvalue weighted by Gasteiger charge is -2.23. The van der Waals surface area contributed by atoms with Gasteiger partial charge in [0, 0.05) is 89.1 Å². The van der Waals surface area contributed by atoms with E-state index in [1.165, 1.54) is 22.1 Å². The van der Waals surface area contributed by atoms with Crippen molar-refractivity contribution in [3.63, 3.8) is 0 Å². The Balaban J connectivity index is 0.000000110. The van der Waals surface area contributed by atoms with Crippen molar-refractivity contribution in [2.45, 2.75) is 0 Å². The van der Waals surface area contributed by atoms with Gasteiger partial charge < -0.3 is 14.2 Å². The molecule has 123 heavy (non-hydrogen) atoms. The van der Waals surface area contributed by atoms with E-state index in [9.17, 15) is 0 Å². The maximum atomic E-state index is 6.37. The molecule has 576 valence electrons. The molecule has 0 fully saturated rings. The highest BCUT2D eigenvalue weighted by atomic mass is 16.5. The van der Waals surface area contributed by atoms with Gasteiger partial charge in [-0.25, -0.2) is 39.9 Å². The van der Waals surface area contributed by atoms with Gasteiger partial charge in [0.2, 0.25) is 0 Å². The second-order valence-electron chi connectivity index (χ2n) is 30.3. The van der Waals surface area contributed by atoms with Crippen molar-refractivity contribution in [1.29, 1.82) is 0 Å². The van der Waals surface area contributed by atoms with E-state index in [1.807, 2.05) is 200 Å². The van der Waals surface area contributed by atoms with Crippen LogP contribution >= 0.6 is 0 Å². The van der Waals surface area contributed by atoms with E-state index in [4.69, 9.17) is 54.1 Å². The molecule has 0 saturated heterocycles. The van der Waals surface area contributed by atoms with Crippen LogP contribution in [0.2, 0.25) is 0 Å². The summed E-state index contributed by atoms with van der Waals surface area (Å²) in [4.78, 5) is 39.2. The minimum absolute atomic E-state index is 0.638. The fraction of sp³-hybridized carbons (Fsp3) is 0. The molecular weight excluding hydrogens is 1510 g/mol. The minimum atomic E-state index is 0.638. The van der Waals surface area contributed by atoms with Gasteiger partial charge in [0.15, 0.2) is 40.8 Å². The van der Waals surface area contributed by atoms with Gasteiger partial charge in [-0.1, -0.05) is 376 Å². The predicted octanol–water partition coefficient (Wildman–Crippen LogP) is 29.0. The van der Waals surface area contributed by atoms with Crippen molar-refractivity contribution < 1.29 is 14.2 Å². The third-order valence-corrected chi connectivity index (χ3v) is 22.9. The number of aromatic nitrogens is 8. The number of fused-ring (bicyclic) bond motifs is 6. The zero-order valence-electron chi connectivity index (χ0n) is 66.2. The largest absolute Gasteiger partial charge is 0.456 e. The smallest absolute Gasteiger partial charge is 0.164 e. The van der Waals surface area contributed by atoms with E-state index in [-0.39, 0.29) is 0 Å². The summed E-state index contributed by atoms with van der Waals surface area (Å²) in [5, 5.41) is 6.89. The third kappa shape index (κ3) is 13.8. The Morgan fingerprint density at radius 2 is 0.423 bits per heavy atom. The van der Waals surface area contributed by atoms with Crippen LogP contribution < -0.4 is 14.2 Å². The maximum Gasteiger partial charge on any atom is 0.164 e. The molecule has 0 radical (unpaired) electrons. The Kier molecular flexibility index (Phi) is 18.7. The first kappa shape index (κ1) is 72.7. The summed E-state index contributed by atoms with van der Waals surface area (Å²) in [7, 11) is 0. The molecule has 3 aliphatic heterocycles. The summed E-state index contributed by atoms with van der Waals surface area (Å²) in [5.74, 6) is 9.94. The fourth-order valence-corrected chi connectivity index (χ4v) is 17.1. The Morgan fingerprint density at radius 1 is 0.146 bits per heavy atom. The van der Waals surface area contributed by atoms with Crippen LogP contribution in [0.4, 0.5) is 0 Å². The number of ether oxygens (including phenoxy) is 3. The molecule has 18 aromatic carbocycles. The predicted molar refractivity (Wildman–Crippen MR) is 496 cm³/mol. The number of benzene rings is 18. The number of nitrogens with zero attached hydrogens (tertiary/aromatic N) is 8. The molecule has 0 unspecified atom stereocenters. The summed E-state index contributed by atoms with van der Waals surface area (Å²) >= 11 is 0. The molecule has 0 atom stereocenters. The highest BCUT2D eigenvalue weighted by Gasteiger charge is 2.27. The Hall–Kier alpha value is -16.8. The van der Waals surface area contributed by atoms with Crippen LogP contribution in [-0.4, -0.2) is 39.9 Å². The highest BCUT2D eigenvalue weighted by Crippen LogP contribution is 2.53. The fourth-order valence-electron chi connectivity index (χ4n) is 17.1. The summed E-state index contributed by atoms with van der Waals surface area (Å²) < 4.78 is 19.0. The number of hydrogen-bond donors (Lipinski definition) is 0. The molecule has 0 N–H and O–H groups in total. The van der Waals surface area contributed by atoms with E-state index >= 15 is 0 Å². The molecule has 24 rings (SSSR count). The molecule has 0 aliphatic carbocycles. The monoisotopic (exact) mass is 1570 g/mol. The van der Waals surface area contributed by atoms with Crippen LogP contribution in [-0.2, 0) is 0 Å². The van der Waals surface area contributed by atoms with Crippen LogP contribution in [0.3, 0.4) is 0 Å². The Morgan fingerprint density at radius 3 is 0.829 bits per heavy atom. The molecule has 11 nitrogen and oxygen atoms in total. The average Bonchev–Trinajstić information content (AvgIpc) is 0.748. The maximum absolute atomic E-state index is 6.37. The van der Waals surface area contributed by atoms with Crippen molar-refractivity contribution in [2.24, 2.45) is 0 Å². The second-order valence-corrected chi connectivity index (χ2v) is 30.3. The quantitative estimate of drug-likeness (QED) is 0.116. The third-order valence-electron chi connectivity index (χ3n) is 22.9. The second kappa shape index (κ2) is 31.6. The minimum Gasteiger partial charge on any atom is -0.456 e. The average molecular weight is 1580 g/mol. The lowest BCUT2D eigenvalue weighted by atomic mass is 9.87. The van der Waals surface area contributed by atoms with Gasteiger partial charge >= 0.3 is 0 Å². The van der Waals surface area contributed by atoms with Crippen LogP contribution in [0, 0.1) is 0 Å². The lowest BCUT2D eigenvalue weighted by molar-refractivity contribution is 0.487. The number of para-hydroxylation sites is 3. The summed E-state index contributed by atoms with van der Waals surface area (Å²) in [6.45, 7) is 0. The SMILES string of the molecule is c1ccc(-c2nc(-c3ccccc3)nc(-c3ccc(-c4ccc5c6c(cccc46)-c4ccccc4O5)cc3)n2)cc1.c1ccc(-c2nc(-c3ccccc3)nc(-c3cccc(-c4ccc5c6c(cccc46)-c4ccccc4O5)c3)n2)cc1.c1ccc(-c2ncc(-c3ccccc3-c3ccc4c5c(cccc35)-c3ccccc3O4)c(-c3ccccc3)n2)cc1. The molecule has 0 spiro atoms. The molecular formula is C112H70N8O3. The van der Waals surface area contributed by atoms with Crippen LogP contribution in [0.25, 0.3) is 201 Å². The van der Waals surface area contributed by atoms with Crippen molar-refractivity contribution in [2.75, 3.05) is 0 Å². The molecule has 21 aromatic rings. The molecule has 0 amide bonds. The Bertz CT molecular complexity index is 7520. The van der Waals surface area contributed by atoms with E-state index in [2.05, 4.69) is 224 Å². The van der Waals surface area contributed by atoms with E-state index < -0.39 is 0 Å². The van der Waals surface area contributed by atoms with Gasteiger partial charge in [-0.15, -0.1) is 0 Å². The molecule has 0 saturated carbocycles. The molecule has 11 heteroatoms. The zero-order valence-corrected chi connectivity index (χ0v) is 66.2.